The maximum atomic E-state index is 12.6. The summed E-state index contributed by atoms with van der Waals surface area (Å²) in [4.78, 5) is 18.4. The summed E-state index contributed by atoms with van der Waals surface area (Å²) in [6, 6.07) is 11.5. The van der Waals surface area contributed by atoms with E-state index in [0.29, 0.717) is 6.54 Å². The van der Waals surface area contributed by atoms with Crippen molar-refractivity contribution in [3.8, 4) is 5.75 Å². The fraction of sp³-hybridized carbons (Fsp3) is 0.250. The molecule has 2 heterocycles. The van der Waals surface area contributed by atoms with Gasteiger partial charge in [-0.2, -0.15) is 0 Å². The van der Waals surface area contributed by atoms with Crippen LogP contribution in [0.3, 0.4) is 0 Å². The van der Waals surface area contributed by atoms with E-state index in [-0.39, 0.29) is 5.91 Å². The SMILES string of the molecule is CC1(C)Oc2ccccc2N(Cc2ccncc2)C1=O. The average Bonchev–Trinajstić information content (AvgIpc) is 2.44. The molecule has 20 heavy (non-hydrogen) atoms. The first-order chi connectivity index (χ1) is 9.58. The van der Waals surface area contributed by atoms with Crippen LogP contribution in [-0.2, 0) is 11.3 Å². The third-order valence-electron chi connectivity index (χ3n) is 3.37. The minimum absolute atomic E-state index is 0.0342. The summed E-state index contributed by atoms with van der Waals surface area (Å²) in [6.07, 6.45) is 3.47. The van der Waals surface area contributed by atoms with Crippen LogP contribution in [0.5, 0.6) is 5.75 Å². The van der Waals surface area contributed by atoms with Crippen LogP contribution >= 0.6 is 0 Å². The highest BCUT2D eigenvalue weighted by molar-refractivity contribution is 6.02. The van der Waals surface area contributed by atoms with E-state index in [1.54, 1.807) is 31.1 Å². The highest BCUT2D eigenvalue weighted by Crippen LogP contribution is 2.38. The predicted molar refractivity (Wildman–Crippen MR) is 76.6 cm³/mol. The first kappa shape index (κ1) is 12.7. The third-order valence-corrected chi connectivity index (χ3v) is 3.37. The standard InChI is InChI=1S/C16H16N2O2/c1-16(2)15(19)18(11-12-7-9-17-10-8-12)13-5-3-4-6-14(13)20-16/h3-10H,11H2,1-2H3. The normalized spacial score (nSPS) is 16.5. The number of ether oxygens (including phenoxy) is 1. The first-order valence-electron chi connectivity index (χ1n) is 6.57. The molecule has 4 nitrogen and oxygen atoms in total. The van der Waals surface area contributed by atoms with Crippen LogP contribution in [0.4, 0.5) is 5.69 Å². The van der Waals surface area contributed by atoms with Gasteiger partial charge in [-0.05, 0) is 43.7 Å². The summed E-state index contributed by atoms with van der Waals surface area (Å²) in [5.41, 5.74) is 1.01. The highest BCUT2D eigenvalue weighted by atomic mass is 16.5. The summed E-state index contributed by atoms with van der Waals surface area (Å²) in [5.74, 6) is 0.708. The molecule has 0 fully saturated rings. The number of anilines is 1. The van der Waals surface area contributed by atoms with Crippen LogP contribution in [0.15, 0.2) is 48.8 Å². The Labute approximate surface area is 118 Å². The number of aromatic nitrogens is 1. The van der Waals surface area contributed by atoms with Crippen molar-refractivity contribution in [3.63, 3.8) is 0 Å². The number of amides is 1. The summed E-state index contributed by atoms with van der Waals surface area (Å²) < 4.78 is 5.80. The molecule has 1 aliphatic rings. The van der Waals surface area contributed by atoms with Crippen molar-refractivity contribution >= 4 is 11.6 Å². The quantitative estimate of drug-likeness (QED) is 0.841. The van der Waals surface area contributed by atoms with E-state index in [0.717, 1.165) is 17.0 Å². The van der Waals surface area contributed by atoms with E-state index in [9.17, 15) is 4.79 Å². The Morgan fingerprint density at radius 3 is 2.60 bits per heavy atom. The Morgan fingerprint density at radius 2 is 1.85 bits per heavy atom. The number of pyridine rings is 1. The zero-order chi connectivity index (χ0) is 14.2. The van der Waals surface area contributed by atoms with Gasteiger partial charge in [-0.1, -0.05) is 12.1 Å². The Balaban J connectivity index is 2.02. The summed E-state index contributed by atoms with van der Waals surface area (Å²) >= 11 is 0. The second kappa shape index (κ2) is 4.63. The molecule has 0 bridgehead atoms. The third kappa shape index (κ3) is 2.13. The van der Waals surface area contributed by atoms with Crippen LogP contribution < -0.4 is 9.64 Å². The number of benzene rings is 1. The van der Waals surface area contributed by atoms with Crippen LogP contribution in [-0.4, -0.2) is 16.5 Å². The van der Waals surface area contributed by atoms with Crippen molar-refractivity contribution in [1.29, 1.82) is 0 Å². The van der Waals surface area contributed by atoms with Crippen LogP contribution in [0.25, 0.3) is 0 Å². The molecule has 2 aromatic rings. The summed E-state index contributed by atoms with van der Waals surface area (Å²) in [5, 5.41) is 0. The Morgan fingerprint density at radius 1 is 1.15 bits per heavy atom. The van der Waals surface area contributed by atoms with Gasteiger partial charge in [0.2, 0.25) is 0 Å². The molecular formula is C16H16N2O2. The molecule has 0 N–H and O–H groups in total. The second-order valence-corrected chi connectivity index (χ2v) is 5.33. The fourth-order valence-corrected chi connectivity index (χ4v) is 2.35. The molecular weight excluding hydrogens is 252 g/mol. The minimum Gasteiger partial charge on any atom is -0.476 e. The van der Waals surface area contributed by atoms with Crippen molar-refractivity contribution in [2.24, 2.45) is 0 Å². The minimum atomic E-state index is -0.846. The monoisotopic (exact) mass is 268 g/mol. The molecule has 0 spiro atoms. The maximum absolute atomic E-state index is 12.6. The lowest BCUT2D eigenvalue weighted by molar-refractivity contribution is -0.132. The zero-order valence-electron chi connectivity index (χ0n) is 11.5. The van der Waals surface area contributed by atoms with E-state index in [1.807, 2.05) is 36.4 Å². The number of rotatable bonds is 2. The van der Waals surface area contributed by atoms with Crippen molar-refractivity contribution in [3.05, 3.63) is 54.4 Å². The van der Waals surface area contributed by atoms with Crippen LogP contribution in [0.2, 0.25) is 0 Å². The number of hydrogen-bond acceptors (Lipinski definition) is 3. The number of hydrogen-bond donors (Lipinski definition) is 0. The Hall–Kier alpha value is -2.36. The highest BCUT2D eigenvalue weighted by Gasteiger charge is 2.40. The lowest BCUT2D eigenvalue weighted by Gasteiger charge is -2.38. The van der Waals surface area contributed by atoms with Gasteiger partial charge in [0.25, 0.3) is 5.91 Å². The van der Waals surface area contributed by atoms with Gasteiger partial charge < -0.3 is 9.64 Å². The van der Waals surface area contributed by atoms with Gasteiger partial charge in [-0.15, -0.1) is 0 Å². The summed E-state index contributed by atoms with van der Waals surface area (Å²) in [6.45, 7) is 4.11. The number of nitrogens with zero attached hydrogens (tertiary/aromatic N) is 2. The van der Waals surface area contributed by atoms with E-state index in [1.165, 1.54) is 0 Å². The molecule has 102 valence electrons. The second-order valence-electron chi connectivity index (χ2n) is 5.33. The van der Waals surface area contributed by atoms with Gasteiger partial charge >= 0.3 is 0 Å². The molecule has 0 aliphatic carbocycles. The number of fused-ring (bicyclic) bond motifs is 1. The molecule has 0 saturated carbocycles. The first-order valence-corrected chi connectivity index (χ1v) is 6.57. The molecule has 0 atom stereocenters. The van der Waals surface area contributed by atoms with E-state index >= 15 is 0 Å². The lowest BCUT2D eigenvalue weighted by atomic mass is 10.0. The number of para-hydroxylation sites is 2. The Kier molecular flexibility index (Phi) is 2.93. The molecule has 1 aromatic carbocycles. The molecule has 0 saturated heterocycles. The predicted octanol–water partition coefficient (Wildman–Crippen LogP) is 2.79. The molecule has 4 heteroatoms. The van der Waals surface area contributed by atoms with Crippen LogP contribution in [0.1, 0.15) is 19.4 Å². The van der Waals surface area contributed by atoms with Gasteiger partial charge in [0.1, 0.15) is 5.75 Å². The molecule has 0 radical (unpaired) electrons. The van der Waals surface area contributed by atoms with E-state index < -0.39 is 5.60 Å². The Bertz CT molecular complexity index is 638. The molecule has 1 amide bonds. The maximum Gasteiger partial charge on any atom is 0.271 e. The van der Waals surface area contributed by atoms with Crippen molar-refractivity contribution in [2.45, 2.75) is 26.0 Å². The van der Waals surface area contributed by atoms with Crippen molar-refractivity contribution in [2.75, 3.05) is 4.90 Å². The number of carbonyl (C=O) groups excluding carboxylic acids is 1. The van der Waals surface area contributed by atoms with Gasteiger partial charge in [-0.3, -0.25) is 9.78 Å². The topological polar surface area (TPSA) is 42.4 Å². The van der Waals surface area contributed by atoms with Crippen molar-refractivity contribution < 1.29 is 9.53 Å². The van der Waals surface area contributed by atoms with Crippen molar-refractivity contribution in [1.82, 2.24) is 4.98 Å². The van der Waals surface area contributed by atoms with Gasteiger partial charge in [0, 0.05) is 12.4 Å². The van der Waals surface area contributed by atoms with Crippen LogP contribution in [0, 0.1) is 0 Å². The van der Waals surface area contributed by atoms with E-state index in [4.69, 9.17) is 4.74 Å². The zero-order valence-corrected chi connectivity index (χ0v) is 11.5. The van der Waals surface area contributed by atoms with Gasteiger partial charge in [0.05, 0.1) is 12.2 Å². The molecule has 0 unspecified atom stereocenters. The smallest absolute Gasteiger partial charge is 0.271 e. The fourth-order valence-electron chi connectivity index (χ4n) is 2.35. The van der Waals surface area contributed by atoms with Gasteiger partial charge in [0.15, 0.2) is 5.60 Å². The number of carbonyl (C=O) groups is 1. The van der Waals surface area contributed by atoms with Gasteiger partial charge in [-0.25, -0.2) is 0 Å². The van der Waals surface area contributed by atoms with E-state index in [2.05, 4.69) is 4.98 Å². The average molecular weight is 268 g/mol. The molecule has 1 aromatic heterocycles. The molecule has 3 rings (SSSR count). The summed E-state index contributed by atoms with van der Waals surface area (Å²) in [7, 11) is 0. The molecule has 1 aliphatic heterocycles. The lowest BCUT2D eigenvalue weighted by Crippen LogP contribution is -2.52. The largest absolute Gasteiger partial charge is 0.476 e.